The lowest BCUT2D eigenvalue weighted by atomic mass is 10.2. The van der Waals surface area contributed by atoms with Crippen LogP contribution in [0.25, 0.3) is 6.08 Å². The van der Waals surface area contributed by atoms with Crippen molar-refractivity contribution in [3.8, 4) is 0 Å². The number of thioether (sulfide) groups is 1. The van der Waals surface area contributed by atoms with Crippen molar-refractivity contribution in [2.75, 3.05) is 16.4 Å². The Kier molecular flexibility index (Phi) is 6.94. The second-order valence-electron chi connectivity index (χ2n) is 5.81. The van der Waals surface area contributed by atoms with Gasteiger partial charge < -0.3 is 5.32 Å². The maximum absolute atomic E-state index is 12.0. The Morgan fingerprint density at radius 3 is 2.68 bits per heavy atom. The van der Waals surface area contributed by atoms with Crippen molar-refractivity contribution in [3.05, 3.63) is 71.8 Å². The third kappa shape index (κ3) is 6.33. The monoisotopic (exact) mass is 410 g/mol. The van der Waals surface area contributed by atoms with Gasteiger partial charge in [-0.25, -0.2) is 0 Å². The van der Waals surface area contributed by atoms with Crippen LogP contribution in [0.4, 0.5) is 10.8 Å². The molecule has 0 radical (unpaired) electrons. The summed E-state index contributed by atoms with van der Waals surface area (Å²) < 4.78 is 0.613. The summed E-state index contributed by atoms with van der Waals surface area (Å²) in [4.78, 5) is 24.0. The molecule has 0 spiro atoms. The van der Waals surface area contributed by atoms with Gasteiger partial charge in [0.15, 0.2) is 4.34 Å². The molecule has 2 amide bonds. The lowest BCUT2D eigenvalue weighted by Gasteiger charge is -2.04. The molecule has 0 atom stereocenters. The molecule has 2 N–H and O–H groups in total. The Balaban J connectivity index is 1.46. The molecule has 142 valence electrons. The largest absolute Gasteiger partial charge is 0.325 e. The first-order chi connectivity index (χ1) is 13.6. The van der Waals surface area contributed by atoms with Gasteiger partial charge in [0.05, 0.1) is 5.75 Å². The number of nitrogens with one attached hydrogen (secondary N) is 2. The molecule has 0 aliphatic carbocycles. The average Bonchev–Trinajstić information content (AvgIpc) is 3.13. The third-order valence-corrected chi connectivity index (χ3v) is 5.46. The summed E-state index contributed by atoms with van der Waals surface area (Å²) in [6.07, 6.45) is 3.17. The highest BCUT2D eigenvalue weighted by Crippen LogP contribution is 2.25. The fraction of sp³-hybridized carbons (Fsp3) is 0.100. The molecule has 0 aliphatic heterocycles. The van der Waals surface area contributed by atoms with Crippen molar-refractivity contribution in [2.45, 2.75) is 11.3 Å². The van der Waals surface area contributed by atoms with Crippen LogP contribution in [0.5, 0.6) is 0 Å². The zero-order valence-electron chi connectivity index (χ0n) is 15.1. The van der Waals surface area contributed by atoms with Gasteiger partial charge in [0.25, 0.3) is 0 Å². The molecule has 1 aromatic heterocycles. The number of nitrogens with zero attached hydrogens (tertiary/aromatic N) is 2. The van der Waals surface area contributed by atoms with E-state index in [1.165, 1.54) is 29.2 Å². The first-order valence-electron chi connectivity index (χ1n) is 8.45. The predicted molar refractivity (Wildman–Crippen MR) is 115 cm³/mol. The van der Waals surface area contributed by atoms with Crippen LogP contribution in [0.1, 0.15) is 11.1 Å². The van der Waals surface area contributed by atoms with Gasteiger partial charge in [0.1, 0.15) is 0 Å². The van der Waals surface area contributed by atoms with Crippen LogP contribution in [-0.2, 0) is 9.59 Å². The van der Waals surface area contributed by atoms with Gasteiger partial charge in [-0.3, -0.25) is 14.9 Å². The van der Waals surface area contributed by atoms with E-state index in [4.69, 9.17) is 0 Å². The maximum atomic E-state index is 12.0. The minimum atomic E-state index is -0.284. The predicted octanol–water partition coefficient (Wildman–Crippen LogP) is 4.23. The van der Waals surface area contributed by atoms with E-state index in [2.05, 4.69) is 20.8 Å². The van der Waals surface area contributed by atoms with Crippen molar-refractivity contribution in [2.24, 2.45) is 0 Å². The van der Waals surface area contributed by atoms with Crippen LogP contribution in [0.3, 0.4) is 0 Å². The summed E-state index contributed by atoms with van der Waals surface area (Å²) in [5, 5.41) is 13.8. The maximum Gasteiger partial charge on any atom is 0.250 e. The van der Waals surface area contributed by atoms with Crippen molar-refractivity contribution >= 4 is 51.8 Å². The van der Waals surface area contributed by atoms with Crippen LogP contribution in [-0.4, -0.2) is 27.8 Å². The van der Waals surface area contributed by atoms with Crippen molar-refractivity contribution in [1.82, 2.24) is 10.2 Å². The van der Waals surface area contributed by atoms with Gasteiger partial charge in [0.2, 0.25) is 16.9 Å². The standard InChI is InChI=1S/C20H18N4O2S2/c1-14-6-5-9-16(12-14)21-18(26)13-27-20-24-23-19(28-20)22-17(25)11-10-15-7-3-2-4-8-15/h2-12H,13H2,1H3,(H,21,26)(H,22,23,25)/b11-10+. The second-order valence-corrected chi connectivity index (χ2v) is 8.01. The van der Waals surface area contributed by atoms with Gasteiger partial charge in [-0.05, 0) is 36.3 Å². The van der Waals surface area contributed by atoms with E-state index in [0.717, 1.165) is 16.8 Å². The number of aromatic nitrogens is 2. The molecule has 3 aromatic rings. The van der Waals surface area contributed by atoms with Gasteiger partial charge in [-0.2, -0.15) is 0 Å². The van der Waals surface area contributed by atoms with E-state index in [1.54, 1.807) is 6.08 Å². The molecule has 3 rings (SSSR count). The van der Waals surface area contributed by atoms with Gasteiger partial charge >= 0.3 is 0 Å². The van der Waals surface area contributed by atoms with E-state index in [0.29, 0.717) is 9.47 Å². The fourth-order valence-corrected chi connectivity index (χ4v) is 3.80. The van der Waals surface area contributed by atoms with E-state index in [9.17, 15) is 9.59 Å². The van der Waals surface area contributed by atoms with Gasteiger partial charge in [0, 0.05) is 11.8 Å². The van der Waals surface area contributed by atoms with E-state index < -0.39 is 0 Å². The molecule has 0 unspecified atom stereocenters. The number of aryl methyl sites for hydroxylation is 1. The van der Waals surface area contributed by atoms with Crippen LogP contribution < -0.4 is 10.6 Å². The van der Waals surface area contributed by atoms with Crippen molar-refractivity contribution in [1.29, 1.82) is 0 Å². The third-order valence-electron chi connectivity index (χ3n) is 3.49. The van der Waals surface area contributed by atoms with Crippen LogP contribution in [0.15, 0.2) is 65.0 Å². The summed E-state index contributed by atoms with van der Waals surface area (Å²) in [5.74, 6) is -0.194. The molecule has 6 nitrogen and oxygen atoms in total. The molecular formula is C20H18N4O2S2. The molecule has 0 aliphatic rings. The molecule has 28 heavy (non-hydrogen) atoms. The minimum Gasteiger partial charge on any atom is -0.325 e. The number of benzene rings is 2. The van der Waals surface area contributed by atoms with Crippen LogP contribution in [0, 0.1) is 6.92 Å². The zero-order chi connectivity index (χ0) is 19.8. The lowest BCUT2D eigenvalue weighted by Crippen LogP contribution is -2.13. The minimum absolute atomic E-state index is 0.123. The van der Waals surface area contributed by atoms with E-state index in [-0.39, 0.29) is 17.6 Å². The summed E-state index contributed by atoms with van der Waals surface area (Å²) >= 11 is 2.50. The Morgan fingerprint density at radius 2 is 1.89 bits per heavy atom. The molecule has 8 heteroatoms. The molecule has 1 heterocycles. The Morgan fingerprint density at radius 1 is 1.07 bits per heavy atom. The van der Waals surface area contributed by atoms with Gasteiger partial charge in [-0.1, -0.05) is 65.6 Å². The first kappa shape index (κ1) is 19.8. The normalized spacial score (nSPS) is 10.8. The number of amides is 2. The quantitative estimate of drug-likeness (QED) is 0.346. The number of hydrogen-bond acceptors (Lipinski definition) is 6. The Bertz CT molecular complexity index is 987. The SMILES string of the molecule is Cc1cccc(NC(=O)CSc2nnc(NC(=O)/C=C/c3ccccc3)s2)c1. The summed E-state index contributed by atoms with van der Waals surface area (Å²) in [7, 11) is 0. The number of hydrogen-bond donors (Lipinski definition) is 2. The van der Waals surface area contributed by atoms with Crippen LogP contribution >= 0.6 is 23.1 Å². The summed E-state index contributed by atoms with van der Waals surface area (Å²) in [6, 6.07) is 17.2. The van der Waals surface area contributed by atoms with E-state index >= 15 is 0 Å². The Labute approximate surface area is 171 Å². The second kappa shape index (κ2) is 9.82. The number of anilines is 2. The van der Waals surface area contributed by atoms with Crippen molar-refractivity contribution < 1.29 is 9.59 Å². The summed E-state index contributed by atoms with van der Waals surface area (Å²) in [5.41, 5.74) is 2.78. The molecule has 0 saturated carbocycles. The highest BCUT2D eigenvalue weighted by atomic mass is 32.2. The highest BCUT2D eigenvalue weighted by molar-refractivity contribution is 8.01. The number of rotatable bonds is 7. The lowest BCUT2D eigenvalue weighted by molar-refractivity contribution is -0.114. The van der Waals surface area contributed by atoms with Crippen LogP contribution in [0.2, 0.25) is 0 Å². The highest BCUT2D eigenvalue weighted by Gasteiger charge is 2.10. The molecule has 0 bridgehead atoms. The number of carbonyl (C=O) groups excluding carboxylic acids is 2. The van der Waals surface area contributed by atoms with Crippen molar-refractivity contribution in [3.63, 3.8) is 0 Å². The molecular weight excluding hydrogens is 392 g/mol. The topological polar surface area (TPSA) is 84.0 Å². The number of carbonyl (C=O) groups is 2. The first-order valence-corrected chi connectivity index (χ1v) is 10.3. The fourth-order valence-electron chi connectivity index (χ4n) is 2.25. The summed E-state index contributed by atoms with van der Waals surface area (Å²) in [6.45, 7) is 1.97. The molecule has 2 aromatic carbocycles. The zero-order valence-corrected chi connectivity index (χ0v) is 16.7. The van der Waals surface area contributed by atoms with Gasteiger partial charge in [-0.15, -0.1) is 10.2 Å². The smallest absolute Gasteiger partial charge is 0.250 e. The van der Waals surface area contributed by atoms with E-state index in [1.807, 2.05) is 61.5 Å². The molecule has 0 saturated heterocycles. The average molecular weight is 411 g/mol. The molecule has 0 fully saturated rings. The Hall–Kier alpha value is -2.97.